The van der Waals surface area contributed by atoms with Gasteiger partial charge in [0.05, 0.1) is 17.0 Å². The van der Waals surface area contributed by atoms with Gasteiger partial charge < -0.3 is 0 Å². The molecule has 1 aromatic carbocycles. The summed E-state index contributed by atoms with van der Waals surface area (Å²) >= 11 is 0. The molecule has 0 spiro atoms. The molecule has 26 heavy (non-hydrogen) atoms. The molecule has 2 heterocycles. The number of aromatic nitrogens is 2. The van der Waals surface area contributed by atoms with Gasteiger partial charge >= 0.3 is 0 Å². The Morgan fingerprint density at radius 3 is 2.81 bits per heavy atom. The highest BCUT2D eigenvalue weighted by Gasteiger charge is 2.35. The lowest BCUT2D eigenvalue weighted by molar-refractivity contribution is 0.162. The van der Waals surface area contributed by atoms with Crippen molar-refractivity contribution in [3.05, 3.63) is 53.3 Å². The van der Waals surface area contributed by atoms with E-state index in [4.69, 9.17) is 0 Å². The minimum Gasteiger partial charge on any atom is -0.291 e. The van der Waals surface area contributed by atoms with Gasteiger partial charge in [-0.1, -0.05) is 24.3 Å². The van der Waals surface area contributed by atoms with Crippen molar-refractivity contribution in [1.29, 1.82) is 0 Å². The second-order valence-corrected chi connectivity index (χ2v) is 9.49. The van der Waals surface area contributed by atoms with Crippen LogP contribution in [-0.4, -0.2) is 41.4 Å². The van der Waals surface area contributed by atoms with Crippen LogP contribution in [0.5, 0.6) is 0 Å². The molecular formula is C19H26N4O2S. The maximum Gasteiger partial charge on any atom is 0.214 e. The van der Waals surface area contributed by atoms with E-state index in [1.165, 1.54) is 16.8 Å². The minimum atomic E-state index is -3.11. The molecule has 1 atom stereocenters. The molecule has 0 radical (unpaired) electrons. The summed E-state index contributed by atoms with van der Waals surface area (Å²) in [6.45, 7) is 5.28. The van der Waals surface area contributed by atoms with Crippen molar-refractivity contribution in [2.75, 3.05) is 13.1 Å². The first kappa shape index (κ1) is 17.7. The molecule has 140 valence electrons. The first-order chi connectivity index (χ1) is 12.5. The highest BCUT2D eigenvalue weighted by molar-refractivity contribution is 7.90. The van der Waals surface area contributed by atoms with Gasteiger partial charge in [-0.15, -0.1) is 0 Å². The highest BCUT2D eigenvalue weighted by Crippen LogP contribution is 2.28. The van der Waals surface area contributed by atoms with E-state index in [2.05, 4.69) is 56.7 Å². The van der Waals surface area contributed by atoms with Crippen molar-refractivity contribution in [3.8, 4) is 0 Å². The number of hydrogen-bond donors (Lipinski definition) is 1. The quantitative estimate of drug-likeness (QED) is 0.807. The number of fused-ring (bicyclic) bond motifs is 1. The second-order valence-electron chi connectivity index (χ2n) is 7.44. The van der Waals surface area contributed by atoms with Crippen LogP contribution in [0, 0.1) is 6.92 Å². The topological polar surface area (TPSA) is 67.2 Å². The van der Waals surface area contributed by atoms with E-state index < -0.39 is 10.0 Å². The summed E-state index contributed by atoms with van der Waals surface area (Å²) in [5.41, 5.74) is 3.84. The highest BCUT2D eigenvalue weighted by atomic mass is 32.2. The molecule has 2 aliphatic rings. The standard InChI is InChI=1S/C19H26N4O2S/c1-15-4-2-3-5-16(15)12-22-13-17-8-10-20-23(17)18(14-22)9-11-21-26(24,25)19-6-7-19/h2-5,8,10,18-19,21H,6-7,9,11-14H2,1H3/t18-/m0/s1. The third kappa shape index (κ3) is 3.84. The van der Waals surface area contributed by atoms with Crippen molar-refractivity contribution >= 4 is 10.0 Å². The van der Waals surface area contributed by atoms with Gasteiger partial charge in [-0.3, -0.25) is 9.58 Å². The first-order valence-electron chi connectivity index (χ1n) is 9.30. The maximum absolute atomic E-state index is 12.0. The largest absolute Gasteiger partial charge is 0.291 e. The van der Waals surface area contributed by atoms with Crippen molar-refractivity contribution in [3.63, 3.8) is 0 Å². The van der Waals surface area contributed by atoms with Gasteiger partial charge in [0, 0.05) is 32.4 Å². The lowest BCUT2D eigenvalue weighted by Gasteiger charge is -2.34. The minimum absolute atomic E-state index is 0.160. The molecule has 6 nitrogen and oxygen atoms in total. The monoisotopic (exact) mass is 374 g/mol. The van der Waals surface area contributed by atoms with E-state index in [1.807, 2.05) is 6.20 Å². The van der Waals surface area contributed by atoms with Crippen LogP contribution in [0.25, 0.3) is 0 Å². The predicted molar refractivity (Wildman–Crippen MR) is 101 cm³/mol. The van der Waals surface area contributed by atoms with E-state index in [9.17, 15) is 8.42 Å². The lowest BCUT2D eigenvalue weighted by Crippen LogP contribution is -2.39. The average Bonchev–Trinajstić information content (AvgIpc) is 3.37. The van der Waals surface area contributed by atoms with Gasteiger partial charge in [0.15, 0.2) is 0 Å². The van der Waals surface area contributed by atoms with Gasteiger partial charge in [-0.05, 0) is 43.4 Å². The van der Waals surface area contributed by atoms with Crippen molar-refractivity contribution in [2.24, 2.45) is 0 Å². The Bertz CT molecular complexity index is 873. The predicted octanol–water partition coefficient (Wildman–Crippen LogP) is 2.22. The Morgan fingerprint density at radius 1 is 1.23 bits per heavy atom. The molecule has 0 saturated heterocycles. The van der Waals surface area contributed by atoms with Crippen molar-refractivity contribution < 1.29 is 8.42 Å². The van der Waals surface area contributed by atoms with Crippen molar-refractivity contribution in [1.82, 2.24) is 19.4 Å². The van der Waals surface area contributed by atoms with Crippen LogP contribution < -0.4 is 4.72 Å². The fraction of sp³-hybridized carbons (Fsp3) is 0.526. The van der Waals surface area contributed by atoms with E-state index in [0.29, 0.717) is 6.54 Å². The van der Waals surface area contributed by atoms with E-state index in [1.54, 1.807) is 0 Å². The summed E-state index contributed by atoms with van der Waals surface area (Å²) in [7, 11) is -3.11. The molecule has 1 fully saturated rings. The molecule has 1 aliphatic carbocycles. The maximum atomic E-state index is 12.0. The van der Waals surface area contributed by atoms with Crippen LogP contribution in [0.15, 0.2) is 36.5 Å². The number of nitrogens with one attached hydrogen (secondary N) is 1. The number of benzene rings is 1. The molecule has 4 rings (SSSR count). The zero-order chi connectivity index (χ0) is 18.1. The van der Waals surface area contributed by atoms with E-state index in [0.717, 1.165) is 38.9 Å². The van der Waals surface area contributed by atoms with E-state index >= 15 is 0 Å². The van der Waals surface area contributed by atoms with Crippen LogP contribution in [0.4, 0.5) is 0 Å². The van der Waals surface area contributed by atoms with Gasteiger partial charge in [-0.25, -0.2) is 13.1 Å². The van der Waals surface area contributed by atoms with Crippen LogP contribution in [0.3, 0.4) is 0 Å². The van der Waals surface area contributed by atoms with Gasteiger partial charge in [0.1, 0.15) is 0 Å². The summed E-state index contributed by atoms with van der Waals surface area (Å²) in [6.07, 6.45) is 4.19. The molecule has 0 unspecified atom stereocenters. The first-order valence-corrected chi connectivity index (χ1v) is 10.9. The van der Waals surface area contributed by atoms with Crippen LogP contribution in [-0.2, 0) is 23.1 Å². The molecule has 1 aromatic heterocycles. The Hall–Kier alpha value is -1.70. The van der Waals surface area contributed by atoms with Crippen molar-refractivity contribution in [2.45, 2.75) is 50.6 Å². The third-order valence-electron chi connectivity index (χ3n) is 5.35. The normalized spacial score (nSPS) is 20.9. The summed E-state index contributed by atoms with van der Waals surface area (Å²) in [5.74, 6) is 0. The molecule has 1 aliphatic heterocycles. The third-order valence-corrected chi connectivity index (χ3v) is 7.31. The van der Waals surface area contributed by atoms with Gasteiger partial charge in [0.2, 0.25) is 10.0 Å². The number of sulfonamides is 1. The Kier molecular flexibility index (Phi) is 4.86. The van der Waals surface area contributed by atoms with Gasteiger partial charge in [0.25, 0.3) is 0 Å². The number of rotatable bonds is 7. The molecular weight excluding hydrogens is 348 g/mol. The van der Waals surface area contributed by atoms with Crippen LogP contribution >= 0.6 is 0 Å². The molecule has 2 aromatic rings. The summed E-state index contributed by atoms with van der Waals surface area (Å²) < 4.78 is 28.9. The van der Waals surface area contributed by atoms with Crippen LogP contribution in [0.1, 0.15) is 42.1 Å². The fourth-order valence-corrected chi connectivity index (χ4v) is 5.09. The molecule has 0 bridgehead atoms. The molecule has 1 saturated carbocycles. The smallest absolute Gasteiger partial charge is 0.214 e. The van der Waals surface area contributed by atoms with Crippen LogP contribution in [0.2, 0.25) is 0 Å². The number of nitrogens with zero attached hydrogens (tertiary/aromatic N) is 3. The summed E-state index contributed by atoms with van der Waals surface area (Å²) in [4.78, 5) is 2.43. The summed E-state index contributed by atoms with van der Waals surface area (Å²) in [5, 5.41) is 4.31. The zero-order valence-corrected chi connectivity index (χ0v) is 16.0. The Balaban J connectivity index is 1.42. The molecule has 0 amide bonds. The van der Waals surface area contributed by atoms with Gasteiger partial charge in [-0.2, -0.15) is 5.10 Å². The second kappa shape index (κ2) is 7.13. The average molecular weight is 375 g/mol. The Morgan fingerprint density at radius 2 is 2.04 bits per heavy atom. The fourth-order valence-electron chi connectivity index (χ4n) is 3.69. The molecule has 7 heteroatoms. The zero-order valence-electron chi connectivity index (χ0n) is 15.1. The summed E-state index contributed by atoms with van der Waals surface area (Å²) in [6, 6.07) is 10.7. The SMILES string of the molecule is Cc1ccccc1CN1Cc2ccnn2[C@@H](CCNS(=O)(=O)C2CC2)C1. The molecule has 1 N–H and O–H groups in total. The van der Waals surface area contributed by atoms with E-state index in [-0.39, 0.29) is 11.3 Å². The Labute approximate surface area is 155 Å². The number of hydrogen-bond acceptors (Lipinski definition) is 4. The number of aryl methyl sites for hydroxylation is 1. The lowest BCUT2D eigenvalue weighted by atomic mass is 10.1.